The fourth-order valence-corrected chi connectivity index (χ4v) is 2.78. The Kier molecular flexibility index (Phi) is 5.20. The Bertz CT molecular complexity index is 348. The summed E-state index contributed by atoms with van der Waals surface area (Å²) in [6, 6.07) is -0.155. The number of carbonyl (C=O) groups is 1. The third kappa shape index (κ3) is 4.91. The van der Waals surface area contributed by atoms with Crippen LogP contribution in [0.25, 0.3) is 0 Å². The monoisotopic (exact) mass is 263 g/mol. The topological polar surface area (TPSA) is 78.5 Å². The predicted molar refractivity (Wildman–Crippen MR) is 66.2 cm³/mol. The van der Waals surface area contributed by atoms with Crippen molar-refractivity contribution < 1.29 is 13.2 Å². The second kappa shape index (κ2) is 6.20. The number of hydrogen-bond acceptors (Lipinski definition) is 3. The maximum Gasteiger partial charge on any atom is 0.314 e. The van der Waals surface area contributed by atoms with Crippen molar-refractivity contribution in [1.82, 2.24) is 14.9 Å². The van der Waals surface area contributed by atoms with Crippen molar-refractivity contribution in [1.29, 1.82) is 0 Å². The minimum absolute atomic E-state index is 0.155. The third-order valence-electron chi connectivity index (χ3n) is 2.93. The molecule has 1 rings (SSSR count). The molecule has 1 saturated heterocycles. The minimum atomic E-state index is -3.06. The molecule has 17 heavy (non-hydrogen) atoms. The summed E-state index contributed by atoms with van der Waals surface area (Å²) in [4.78, 5) is 11.2. The summed E-state index contributed by atoms with van der Waals surface area (Å²) in [7, 11) is -3.06. The molecule has 1 aliphatic rings. The van der Waals surface area contributed by atoms with Crippen LogP contribution < -0.4 is 10.6 Å². The van der Waals surface area contributed by atoms with Gasteiger partial charge >= 0.3 is 6.03 Å². The molecule has 0 aromatic heterocycles. The fourth-order valence-electron chi connectivity index (χ4n) is 1.91. The zero-order chi connectivity index (χ0) is 12.9. The van der Waals surface area contributed by atoms with Crippen molar-refractivity contribution >= 4 is 16.1 Å². The Morgan fingerprint density at radius 2 is 1.88 bits per heavy atom. The Balaban J connectivity index is 2.26. The molecule has 7 heteroatoms. The lowest BCUT2D eigenvalue weighted by molar-refractivity contribution is 0.231. The fraction of sp³-hybridized carbons (Fsp3) is 0.900. The molecular weight excluding hydrogens is 242 g/mol. The van der Waals surface area contributed by atoms with Crippen LogP contribution in [0.1, 0.15) is 19.8 Å². The summed E-state index contributed by atoms with van der Waals surface area (Å²) in [5.41, 5.74) is 0. The van der Waals surface area contributed by atoms with E-state index in [-0.39, 0.29) is 6.03 Å². The van der Waals surface area contributed by atoms with E-state index in [0.717, 1.165) is 12.8 Å². The molecular formula is C10H21N3O3S. The van der Waals surface area contributed by atoms with E-state index in [2.05, 4.69) is 10.6 Å². The molecule has 0 bridgehead atoms. The summed E-state index contributed by atoms with van der Waals surface area (Å²) in [6.45, 7) is 4.20. The number of amides is 2. The van der Waals surface area contributed by atoms with E-state index in [9.17, 15) is 13.2 Å². The second-order valence-electron chi connectivity index (χ2n) is 4.35. The van der Waals surface area contributed by atoms with Crippen LogP contribution in [0.15, 0.2) is 0 Å². The van der Waals surface area contributed by atoms with Crippen molar-refractivity contribution in [3.05, 3.63) is 0 Å². The zero-order valence-electron chi connectivity index (χ0n) is 10.4. The standard InChI is InChI=1S/C10H21N3O3S/c1-3-11-10(14)12-8-9-4-6-13(7-5-9)17(2,15)16/h9H,3-8H2,1-2H3,(H2,11,12,14). The summed E-state index contributed by atoms with van der Waals surface area (Å²) in [5.74, 6) is 0.371. The average Bonchev–Trinajstić information content (AvgIpc) is 2.26. The first-order chi connectivity index (χ1) is 7.93. The molecule has 0 saturated carbocycles. The molecule has 2 amide bonds. The minimum Gasteiger partial charge on any atom is -0.338 e. The smallest absolute Gasteiger partial charge is 0.314 e. The second-order valence-corrected chi connectivity index (χ2v) is 6.33. The Labute approximate surface area is 103 Å². The van der Waals surface area contributed by atoms with Crippen LogP contribution >= 0.6 is 0 Å². The van der Waals surface area contributed by atoms with Crippen LogP contribution in [0, 0.1) is 5.92 Å². The lowest BCUT2D eigenvalue weighted by Crippen LogP contribution is -2.43. The van der Waals surface area contributed by atoms with Gasteiger partial charge in [-0.3, -0.25) is 0 Å². The van der Waals surface area contributed by atoms with Gasteiger partial charge < -0.3 is 10.6 Å². The van der Waals surface area contributed by atoms with Gasteiger partial charge in [0.15, 0.2) is 0 Å². The summed E-state index contributed by atoms with van der Waals surface area (Å²) >= 11 is 0. The van der Waals surface area contributed by atoms with Crippen LogP contribution in [-0.2, 0) is 10.0 Å². The highest BCUT2D eigenvalue weighted by atomic mass is 32.2. The number of sulfonamides is 1. The van der Waals surface area contributed by atoms with Crippen LogP contribution in [0.4, 0.5) is 4.79 Å². The van der Waals surface area contributed by atoms with Gasteiger partial charge in [-0.05, 0) is 25.7 Å². The van der Waals surface area contributed by atoms with E-state index in [0.29, 0.717) is 32.1 Å². The highest BCUT2D eigenvalue weighted by Gasteiger charge is 2.24. The van der Waals surface area contributed by atoms with Gasteiger partial charge in [0.25, 0.3) is 0 Å². The normalized spacial score (nSPS) is 18.9. The molecule has 0 aliphatic carbocycles. The van der Waals surface area contributed by atoms with Gasteiger partial charge in [0.1, 0.15) is 0 Å². The van der Waals surface area contributed by atoms with Crippen molar-refractivity contribution in [3.8, 4) is 0 Å². The Morgan fingerprint density at radius 3 is 2.35 bits per heavy atom. The van der Waals surface area contributed by atoms with Gasteiger partial charge in [0, 0.05) is 26.2 Å². The molecule has 6 nitrogen and oxygen atoms in total. The van der Waals surface area contributed by atoms with Gasteiger partial charge in [-0.1, -0.05) is 0 Å². The average molecular weight is 263 g/mol. The Hall–Kier alpha value is -0.820. The van der Waals surface area contributed by atoms with E-state index >= 15 is 0 Å². The van der Waals surface area contributed by atoms with Gasteiger partial charge in [0.05, 0.1) is 6.26 Å². The highest BCUT2D eigenvalue weighted by molar-refractivity contribution is 7.88. The number of nitrogens with one attached hydrogen (secondary N) is 2. The Morgan fingerprint density at radius 1 is 1.29 bits per heavy atom. The van der Waals surface area contributed by atoms with Crippen molar-refractivity contribution in [2.45, 2.75) is 19.8 Å². The number of nitrogens with zero attached hydrogens (tertiary/aromatic N) is 1. The number of piperidine rings is 1. The SMILES string of the molecule is CCNC(=O)NCC1CCN(S(C)(=O)=O)CC1. The summed E-state index contributed by atoms with van der Waals surface area (Å²) in [5, 5.41) is 5.45. The molecule has 100 valence electrons. The lowest BCUT2D eigenvalue weighted by Gasteiger charge is -2.30. The molecule has 0 atom stereocenters. The maximum absolute atomic E-state index is 11.3. The molecule has 1 fully saturated rings. The molecule has 0 aromatic carbocycles. The third-order valence-corrected chi connectivity index (χ3v) is 4.23. The van der Waals surface area contributed by atoms with Crippen LogP contribution in [0.2, 0.25) is 0 Å². The lowest BCUT2D eigenvalue weighted by atomic mass is 9.98. The van der Waals surface area contributed by atoms with Crippen molar-refractivity contribution in [3.63, 3.8) is 0 Å². The van der Waals surface area contributed by atoms with E-state index in [1.165, 1.54) is 10.6 Å². The van der Waals surface area contributed by atoms with Crippen molar-refractivity contribution in [2.75, 3.05) is 32.4 Å². The zero-order valence-corrected chi connectivity index (χ0v) is 11.2. The first-order valence-corrected chi connectivity index (χ1v) is 7.75. The van der Waals surface area contributed by atoms with E-state index in [1.807, 2.05) is 6.92 Å². The molecule has 0 unspecified atom stereocenters. The molecule has 1 aliphatic heterocycles. The molecule has 2 N–H and O–H groups in total. The summed E-state index contributed by atoms with van der Waals surface area (Å²) in [6.07, 6.45) is 2.85. The molecule has 0 aromatic rings. The van der Waals surface area contributed by atoms with Crippen LogP contribution in [0.3, 0.4) is 0 Å². The van der Waals surface area contributed by atoms with Gasteiger partial charge in [-0.25, -0.2) is 17.5 Å². The quantitative estimate of drug-likeness (QED) is 0.748. The van der Waals surface area contributed by atoms with E-state index in [4.69, 9.17) is 0 Å². The highest BCUT2D eigenvalue weighted by Crippen LogP contribution is 2.18. The maximum atomic E-state index is 11.3. The molecule has 1 heterocycles. The van der Waals surface area contributed by atoms with Gasteiger partial charge in [-0.15, -0.1) is 0 Å². The summed E-state index contributed by atoms with van der Waals surface area (Å²) < 4.78 is 24.1. The van der Waals surface area contributed by atoms with E-state index in [1.54, 1.807) is 0 Å². The molecule has 0 radical (unpaired) electrons. The van der Waals surface area contributed by atoms with Gasteiger partial charge in [-0.2, -0.15) is 0 Å². The van der Waals surface area contributed by atoms with Crippen molar-refractivity contribution in [2.24, 2.45) is 5.92 Å². The van der Waals surface area contributed by atoms with Crippen LogP contribution in [-0.4, -0.2) is 51.2 Å². The number of hydrogen-bond donors (Lipinski definition) is 2. The number of rotatable bonds is 4. The number of urea groups is 1. The first-order valence-electron chi connectivity index (χ1n) is 5.90. The largest absolute Gasteiger partial charge is 0.338 e. The first kappa shape index (κ1) is 14.2. The van der Waals surface area contributed by atoms with Gasteiger partial charge in [0.2, 0.25) is 10.0 Å². The molecule has 0 spiro atoms. The van der Waals surface area contributed by atoms with E-state index < -0.39 is 10.0 Å². The van der Waals surface area contributed by atoms with Crippen LogP contribution in [0.5, 0.6) is 0 Å². The predicted octanol–water partition coefficient (Wildman–Crippen LogP) is -0.0229. The number of carbonyl (C=O) groups excluding carboxylic acids is 1.